The van der Waals surface area contributed by atoms with Crippen molar-refractivity contribution in [2.75, 3.05) is 6.54 Å². The van der Waals surface area contributed by atoms with Crippen LogP contribution in [0.4, 0.5) is 4.79 Å². The van der Waals surface area contributed by atoms with Crippen molar-refractivity contribution in [3.63, 3.8) is 0 Å². The average molecular weight is 224 g/mol. The molecule has 0 fully saturated rings. The Hall–Kier alpha value is -2.29. The topological polar surface area (TPSA) is 95.5 Å². The maximum atomic E-state index is 11.0. The van der Waals surface area contributed by atoms with Gasteiger partial charge in [0, 0.05) is 25.1 Å². The van der Waals surface area contributed by atoms with Crippen LogP contribution in [0, 0.1) is 11.8 Å². The summed E-state index contributed by atoms with van der Waals surface area (Å²) in [6.07, 6.45) is 1.89. The summed E-state index contributed by atoms with van der Waals surface area (Å²) in [6.45, 7) is 2.00. The van der Waals surface area contributed by atoms with Crippen LogP contribution >= 0.6 is 0 Å². The van der Waals surface area contributed by atoms with Crippen molar-refractivity contribution in [2.24, 2.45) is 0 Å². The first kappa shape index (κ1) is 13.7. The van der Waals surface area contributed by atoms with E-state index in [-0.39, 0.29) is 0 Å². The standard InChI is InChI=1S/C10H12N2O4/c1-2-3-4-7-11-10(16)12-8(13)5-6-9(14)15/h5-6H,4,7H2,1H3,(H,14,15)(H2,11,12,13,16)/b6-5+. The second kappa shape index (κ2) is 8.05. The van der Waals surface area contributed by atoms with Crippen LogP contribution in [0.3, 0.4) is 0 Å². The van der Waals surface area contributed by atoms with E-state index in [1.165, 1.54) is 0 Å². The number of hydrogen-bond acceptors (Lipinski definition) is 3. The Morgan fingerprint density at radius 1 is 1.31 bits per heavy atom. The Morgan fingerprint density at radius 2 is 2.00 bits per heavy atom. The van der Waals surface area contributed by atoms with Crippen molar-refractivity contribution in [2.45, 2.75) is 13.3 Å². The number of hydrogen-bond donors (Lipinski definition) is 3. The van der Waals surface area contributed by atoms with Crippen LogP contribution < -0.4 is 10.6 Å². The van der Waals surface area contributed by atoms with Gasteiger partial charge in [-0.3, -0.25) is 10.1 Å². The molecule has 0 atom stereocenters. The molecule has 6 heteroatoms. The number of carboxylic acids is 1. The van der Waals surface area contributed by atoms with Gasteiger partial charge in [0.2, 0.25) is 0 Å². The Kier molecular flexibility index (Phi) is 6.90. The molecule has 0 unspecified atom stereocenters. The summed E-state index contributed by atoms with van der Waals surface area (Å²) < 4.78 is 0. The molecule has 6 nitrogen and oxygen atoms in total. The molecule has 0 spiro atoms. The van der Waals surface area contributed by atoms with Crippen LogP contribution in [0.1, 0.15) is 13.3 Å². The molecule has 16 heavy (non-hydrogen) atoms. The van der Waals surface area contributed by atoms with Crippen LogP contribution in [0.15, 0.2) is 12.2 Å². The second-order valence-electron chi connectivity index (χ2n) is 2.59. The third-order valence-corrected chi connectivity index (χ3v) is 1.33. The molecule has 3 amide bonds. The zero-order valence-electron chi connectivity index (χ0n) is 8.74. The van der Waals surface area contributed by atoms with Gasteiger partial charge in [-0.25, -0.2) is 9.59 Å². The molecule has 0 radical (unpaired) electrons. The number of rotatable bonds is 4. The summed E-state index contributed by atoms with van der Waals surface area (Å²) in [5.74, 6) is 3.33. The van der Waals surface area contributed by atoms with Gasteiger partial charge in [0.1, 0.15) is 0 Å². The zero-order valence-corrected chi connectivity index (χ0v) is 8.74. The summed E-state index contributed by atoms with van der Waals surface area (Å²) in [4.78, 5) is 31.9. The van der Waals surface area contributed by atoms with E-state index in [1.54, 1.807) is 6.92 Å². The van der Waals surface area contributed by atoms with Crippen molar-refractivity contribution >= 4 is 17.9 Å². The van der Waals surface area contributed by atoms with Crippen LogP contribution in [-0.2, 0) is 9.59 Å². The van der Waals surface area contributed by atoms with E-state index in [0.717, 1.165) is 6.08 Å². The molecule has 0 aliphatic carbocycles. The molecule has 3 N–H and O–H groups in total. The van der Waals surface area contributed by atoms with E-state index < -0.39 is 17.9 Å². The quantitative estimate of drug-likeness (QED) is 0.352. The third kappa shape index (κ3) is 8.31. The number of nitrogens with one attached hydrogen (secondary N) is 2. The first-order chi connectivity index (χ1) is 7.56. The van der Waals surface area contributed by atoms with E-state index in [9.17, 15) is 14.4 Å². The van der Waals surface area contributed by atoms with Crippen LogP contribution in [0.25, 0.3) is 0 Å². The van der Waals surface area contributed by atoms with Gasteiger partial charge in [-0.05, 0) is 6.92 Å². The second-order valence-corrected chi connectivity index (χ2v) is 2.59. The fourth-order valence-electron chi connectivity index (χ4n) is 0.708. The first-order valence-electron chi connectivity index (χ1n) is 4.45. The van der Waals surface area contributed by atoms with E-state index in [0.29, 0.717) is 19.0 Å². The highest BCUT2D eigenvalue weighted by molar-refractivity contribution is 6.02. The Balaban J connectivity index is 3.81. The smallest absolute Gasteiger partial charge is 0.328 e. The first-order valence-corrected chi connectivity index (χ1v) is 4.45. The number of urea groups is 1. The minimum absolute atomic E-state index is 0.322. The highest BCUT2D eigenvalue weighted by Gasteiger charge is 2.03. The largest absolute Gasteiger partial charge is 0.478 e. The van der Waals surface area contributed by atoms with Crippen molar-refractivity contribution < 1.29 is 19.5 Å². The lowest BCUT2D eigenvalue weighted by atomic mass is 10.4. The van der Waals surface area contributed by atoms with Crippen molar-refractivity contribution in [1.82, 2.24) is 10.6 Å². The maximum Gasteiger partial charge on any atom is 0.328 e. The van der Waals surface area contributed by atoms with Gasteiger partial charge in [-0.2, -0.15) is 0 Å². The van der Waals surface area contributed by atoms with Crippen molar-refractivity contribution in [1.29, 1.82) is 0 Å². The molecule has 0 aromatic heterocycles. The van der Waals surface area contributed by atoms with Gasteiger partial charge in [-0.15, -0.1) is 11.8 Å². The number of aliphatic carboxylic acids is 1. The predicted octanol–water partition coefficient (Wildman–Crippen LogP) is -0.134. The summed E-state index contributed by atoms with van der Waals surface area (Å²) >= 11 is 0. The SMILES string of the molecule is CC#CCCNC(=O)NC(=O)/C=C/C(=O)O. The lowest BCUT2D eigenvalue weighted by Crippen LogP contribution is -2.39. The highest BCUT2D eigenvalue weighted by Crippen LogP contribution is 1.76. The van der Waals surface area contributed by atoms with Gasteiger partial charge < -0.3 is 10.4 Å². The molecular formula is C10H12N2O4. The number of imide groups is 1. The lowest BCUT2D eigenvalue weighted by Gasteiger charge is -2.01. The fourth-order valence-corrected chi connectivity index (χ4v) is 0.708. The third-order valence-electron chi connectivity index (χ3n) is 1.33. The molecule has 0 aromatic rings. The van der Waals surface area contributed by atoms with Gasteiger partial charge in [0.05, 0.1) is 0 Å². The summed E-state index contributed by atoms with van der Waals surface area (Å²) in [7, 11) is 0. The summed E-state index contributed by atoms with van der Waals surface area (Å²) in [6, 6.07) is -0.682. The fraction of sp³-hybridized carbons (Fsp3) is 0.300. The average Bonchev–Trinajstić information content (AvgIpc) is 2.21. The van der Waals surface area contributed by atoms with E-state index in [4.69, 9.17) is 5.11 Å². The van der Waals surface area contributed by atoms with Crippen LogP contribution in [0.5, 0.6) is 0 Å². The van der Waals surface area contributed by atoms with Gasteiger partial charge >= 0.3 is 12.0 Å². The molecule has 0 heterocycles. The van der Waals surface area contributed by atoms with Crippen molar-refractivity contribution in [3.05, 3.63) is 12.2 Å². The van der Waals surface area contributed by atoms with E-state index in [1.807, 2.05) is 5.32 Å². The van der Waals surface area contributed by atoms with Crippen LogP contribution in [0.2, 0.25) is 0 Å². The maximum absolute atomic E-state index is 11.0. The zero-order chi connectivity index (χ0) is 12.4. The number of carbonyl (C=O) groups excluding carboxylic acids is 2. The summed E-state index contributed by atoms with van der Waals surface area (Å²) in [5, 5.41) is 12.5. The monoisotopic (exact) mass is 224 g/mol. The summed E-state index contributed by atoms with van der Waals surface area (Å²) in [5.41, 5.74) is 0. The molecule has 0 rings (SSSR count). The molecule has 0 bridgehead atoms. The lowest BCUT2D eigenvalue weighted by molar-refractivity contribution is -0.131. The number of carbonyl (C=O) groups is 3. The molecule has 0 saturated carbocycles. The minimum atomic E-state index is -1.26. The van der Waals surface area contributed by atoms with Gasteiger partial charge in [-0.1, -0.05) is 0 Å². The highest BCUT2D eigenvalue weighted by atomic mass is 16.4. The van der Waals surface area contributed by atoms with E-state index in [2.05, 4.69) is 17.2 Å². The van der Waals surface area contributed by atoms with Gasteiger partial charge in [0.15, 0.2) is 0 Å². The van der Waals surface area contributed by atoms with E-state index >= 15 is 0 Å². The Morgan fingerprint density at radius 3 is 2.56 bits per heavy atom. The predicted molar refractivity (Wildman–Crippen MR) is 56.4 cm³/mol. The van der Waals surface area contributed by atoms with Gasteiger partial charge in [0.25, 0.3) is 5.91 Å². The molecule has 0 aliphatic heterocycles. The number of carboxylic acid groups (broad SMARTS) is 1. The molecule has 86 valence electrons. The van der Waals surface area contributed by atoms with Crippen molar-refractivity contribution in [3.8, 4) is 11.8 Å². The molecule has 0 aliphatic rings. The molecule has 0 saturated heterocycles. The Bertz CT molecular complexity index is 363. The minimum Gasteiger partial charge on any atom is -0.478 e. The normalized spacial score (nSPS) is 9.06. The Labute approximate surface area is 92.7 Å². The molecule has 0 aromatic carbocycles. The van der Waals surface area contributed by atoms with Crippen LogP contribution in [-0.4, -0.2) is 29.6 Å². The number of amides is 3. The molecular weight excluding hydrogens is 212 g/mol.